The number of nitrogens with two attached hydrogens (primary N) is 2. The van der Waals surface area contributed by atoms with Crippen LogP contribution in [0.1, 0.15) is 53.0 Å². The molecule has 4 aromatic rings. The van der Waals surface area contributed by atoms with Gasteiger partial charge in [-0.05, 0) is 69.5 Å². The van der Waals surface area contributed by atoms with Gasteiger partial charge in [0.15, 0.2) is 0 Å². The van der Waals surface area contributed by atoms with Crippen LogP contribution < -0.4 is 27.4 Å². The number of aromatic nitrogens is 2. The van der Waals surface area contributed by atoms with E-state index in [2.05, 4.69) is 46.8 Å². The van der Waals surface area contributed by atoms with Crippen LogP contribution in [0, 0.1) is 11.2 Å². The molecule has 1 saturated carbocycles. The molecular formula is C33H40ClFN8O2. The highest BCUT2D eigenvalue weighted by Gasteiger charge is 2.49. The zero-order valence-corrected chi connectivity index (χ0v) is 26.8. The number of benzene rings is 2. The van der Waals surface area contributed by atoms with Gasteiger partial charge in [-0.25, -0.2) is 18.7 Å². The summed E-state index contributed by atoms with van der Waals surface area (Å²) < 4.78 is 15.8. The molecule has 0 radical (unpaired) electrons. The van der Waals surface area contributed by atoms with E-state index in [-0.39, 0.29) is 40.1 Å². The molecule has 45 heavy (non-hydrogen) atoms. The van der Waals surface area contributed by atoms with E-state index >= 15 is 0 Å². The number of amides is 2. The smallest absolute Gasteiger partial charge is 0.319 e. The van der Waals surface area contributed by atoms with Crippen molar-refractivity contribution >= 4 is 46.0 Å². The lowest BCUT2D eigenvalue weighted by Crippen LogP contribution is -2.51. The first-order chi connectivity index (χ1) is 21.0. The van der Waals surface area contributed by atoms with Crippen molar-refractivity contribution in [3.8, 4) is 11.1 Å². The van der Waals surface area contributed by atoms with Crippen molar-refractivity contribution in [2.24, 2.45) is 21.9 Å². The Morgan fingerprint density at radius 3 is 2.53 bits per heavy atom. The number of hydrogen-bond donors (Lipinski definition) is 6. The molecule has 0 unspecified atom stereocenters. The summed E-state index contributed by atoms with van der Waals surface area (Å²) in [7, 11) is 0. The third kappa shape index (κ3) is 6.90. The second-order valence-electron chi connectivity index (χ2n) is 13.2. The summed E-state index contributed by atoms with van der Waals surface area (Å²) in [6.45, 7) is 9.74. The van der Waals surface area contributed by atoms with Crippen LogP contribution in [0.4, 0.5) is 26.2 Å². The van der Waals surface area contributed by atoms with E-state index in [1.807, 2.05) is 24.4 Å². The number of carbonyl (C=O) groups excluding carboxylic acids is 1. The maximum Gasteiger partial charge on any atom is 0.319 e. The second kappa shape index (κ2) is 12.0. The van der Waals surface area contributed by atoms with Crippen molar-refractivity contribution in [2.45, 2.75) is 64.6 Å². The largest absolute Gasteiger partial charge is 0.389 e. The summed E-state index contributed by atoms with van der Waals surface area (Å²) in [6.07, 6.45) is 5.24. The number of rotatable bonds is 8. The van der Waals surface area contributed by atoms with Gasteiger partial charge in [0.25, 0.3) is 0 Å². The molecule has 10 nitrogen and oxygen atoms in total. The molecule has 12 heteroatoms. The molecule has 0 saturated heterocycles. The number of aliphatic hydroxyl groups is 1. The minimum atomic E-state index is -1.01. The molecule has 2 aromatic carbocycles. The van der Waals surface area contributed by atoms with E-state index in [0.717, 1.165) is 35.2 Å². The lowest BCUT2D eigenvalue weighted by atomic mass is 9.75. The Balaban J connectivity index is 1.51. The first kappa shape index (κ1) is 32.2. The van der Waals surface area contributed by atoms with E-state index in [1.165, 1.54) is 18.2 Å². The van der Waals surface area contributed by atoms with Crippen LogP contribution >= 0.6 is 11.6 Å². The molecule has 0 spiro atoms. The van der Waals surface area contributed by atoms with Crippen LogP contribution in [-0.2, 0) is 0 Å². The van der Waals surface area contributed by atoms with Crippen molar-refractivity contribution in [1.82, 2.24) is 14.9 Å². The Labute approximate surface area is 267 Å². The van der Waals surface area contributed by atoms with Crippen LogP contribution in [0.25, 0.3) is 16.6 Å². The monoisotopic (exact) mass is 634 g/mol. The minimum Gasteiger partial charge on any atom is -0.389 e. The van der Waals surface area contributed by atoms with Gasteiger partial charge in [-0.15, -0.1) is 0 Å². The molecule has 5 rings (SSSR count). The van der Waals surface area contributed by atoms with E-state index in [0.29, 0.717) is 11.3 Å². The second-order valence-corrected chi connectivity index (χ2v) is 13.6. The normalized spacial score (nSPS) is 19.9. The van der Waals surface area contributed by atoms with Crippen LogP contribution in [0.3, 0.4) is 0 Å². The fourth-order valence-corrected chi connectivity index (χ4v) is 5.65. The molecular weight excluding hydrogens is 595 g/mol. The number of nitrogens with one attached hydrogen (secondary N) is 3. The number of halogens is 2. The number of aliphatic imine (C=N–C) groups is 1. The number of fused-ring (bicyclic) bond motifs is 1. The summed E-state index contributed by atoms with van der Waals surface area (Å²) in [4.78, 5) is 16.7. The first-order valence-electron chi connectivity index (χ1n) is 14.8. The van der Waals surface area contributed by atoms with Gasteiger partial charge in [-0.1, -0.05) is 37.6 Å². The average Bonchev–Trinajstić information content (AvgIpc) is 3.48. The molecule has 2 atom stereocenters. The van der Waals surface area contributed by atoms with Crippen molar-refractivity contribution in [1.29, 1.82) is 0 Å². The number of amidine groups is 1. The Bertz CT molecular complexity index is 1760. The third-order valence-electron chi connectivity index (χ3n) is 8.83. The van der Waals surface area contributed by atoms with E-state index in [9.17, 15) is 14.3 Å². The van der Waals surface area contributed by atoms with Crippen molar-refractivity contribution in [2.75, 3.05) is 17.2 Å². The van der Waals surface area contributed by atoms with E-state index < -0.39 is 17.4 Å². The molecule has 8 N–H and O–H groups in total. The molecule has 2 aromatic heterocycles. The van der Waals surface area contributed by atoms with E-state index in [4.69, 9.17) is 23.1 Å². The standard InChI is InChI=1S/C33H40ClFN8O2/c1-31(2,45)18-38-30(44)40-22-9-6-19(7-10-22)20-14-26-28(42-27-12-13-33(5,37)32(27,3)4)23(16-39-43(26)17-20)29(36)41-25-15-21(35)8-11-24(25)34/h6-11,14-17,27,42,45H,12-13,18,37H2,1-5H3,(H2,36,41)(H2,38,40,44)/t27-,33+/m1/s1. The quantitative estimate of drug-likeness (QED) is 0.103. The Kier molecular flexibility index (Phi) is 8.56. The fourth-order valence-electron chi connectivity index (χ4n) is 5.49. The molecule has 0 bridgehead atoms. The van der Waals surface area contributed by atoms with Crippen molar-refractivity contribution < 1.29 is 14.3 Å². The summed E-state index contributed by atoms with van der Waals surface area (Å²) in [5.41, 5.74) is 16.3. The van der Waals surface area contributed by atoms with Gasteiger partial charge >= 0.3 is 6.03 Å². The summed E-state index contributed by atoms with van der Waals surface area (Å²) in [5, 5.41) is 23.9. The highest BCUT2D eigenvalue weighted by atomic mass is 35.5. The summed E-state index contributed by atoms with van der Waals surface area (Å²) >= 11 is 6.30. The number of anilines is 2. The van der Waals surface area contributed by atoms with Gasteiger partial charge < -0.3 is 32.5 Å². The number of nitrogens with zero attached hydrogens (tertiary/aromatic N) is 3. The predicted molar refractivity (Wildman–Crippen MR) is 179 cm³/mol. The number of carbonyl (C=O) groups is 1. The molecule has 1 aliphatic rings. The van der Waals surface area contributed by atoms with E-state index in [1.54, 1.807) is 36.7 Å². The van der Waals surface area contributed by atoms with Gasteiger partial charge in [0.05, 0.1) is 39.3 Å². The first-order valence-corrected chi connectivity index (χ1v) is 15.2. The summed E-state index contributed by atoms with van der Waals surface area (Å²) in [6, 6.07) is 13.0. The molecule has 2 amide bonds. The molecule has 238 valence electrons. The zero-order valence-electron chi connectivity index (χ0n) is 26.1. The number of hydrogen-bond acceptors (Lipinski definition) is 6. The highest BCUT2D eigenvalue weighted by Crippen LogP contribution is 2.46. The van der Waals surface area contributed by atoms with Crippen molar-refractivity contribution in [3.63, 3.8) is 0 Å². The van der Waals surface area contributed by atoms with Gasteiger partial charge in [0.2, 0.25) is 0 Å². The molecule has 0 aliphatic heterocycles. The molecule has 1 aliphatic carbocycles. The molecule has 1 fully saturated rings. The van der Waals surface area contributed by atoms with Gasteiger partial charge in [0.1, 0.15) is 11.7 Å². The Morgan fingerprint density at radius 2 is 1.89 bits per heavy atom. The lowest BCUT2D eigenvalue weighted by molar-refractivity contribution is 0.0826. The zero-order chi connectivity index (χ0) is 32.7. The summed E-state index contributed by atoms with van der Waals surface area (Å²) in [5.74, 6) is -0.340. The maximum atomic E-state index is 14.0. The minimum absolute atomic E-state index is 0.0225. The Hall–Kier alpha value is -4.19. The van der Waals surface area contributed by atoms with Crippen LogP contribution in [0.5, 0.6) is 0 Å². The van der Waals surface area contributed by atoms with Crippen LogP contribution in [0.15, 0.2) is 65.9 Å². The Morgan fingerprint density at radius 1 is 1.18 bits per heavy atom. The fraction of sp³-hybridized carbons (Fsp3) is 0.364. The topological polar surface area (TPSA) is 155 Å². The average molecular weight is 635 g/mol. The van der Waals surface area contributed by atoms with Crippen LogP contribution in [-0.4, -0.2) is 50.3 Å². The molecule has 2 heterocycles. The SMILES string of the molecule is CC(C)(O)CNC(=O)Nc1ccc(-c2cc3c(N[C@@H]4CC[C@](C)(N)C4(C)C)c(C(N)=Nc4cc(F)ccc4Cl)cnn3c2)cc1. The lowest BCUT2D eigenvalue weighted by Gasteiger charge is -2.39. The highest BCUT2D eigenvalue weighted by molar-refractivity contribution is 6.33. The van der Waals surface area contributed by atoms with Crippen molar-refractivity contribution in [3.05, 3.63) is 77.3 Å². The van der Waals surface area contributed by atoms with Gasteiger partial charge in [0, 0.05) is 47.1 Å². The maximum absolute atomic E-state index is 14.0. The third-order valence-corrected chi connectivity index (χ3v) is 9.15. The van der Waals surface area contributed by atoms with Crippen LogP contribution in [0.2, 0.25) is 5.02 Å². The van der Waals surface area contributed by atoms with Gasteiger partial charge in [-0.3, -0.25) is 0 Å². The van der Waals surface area contributed by atoms with Gasteiger partial charge in [-0.2, -0.15) is 5.10 Å². The number of urea groups is 1. The predicted octanol–water partition coefficient (Wildman–Crippen LogP) is 6.04.